The molecule has 0 spiro atoms. The summed E-state index contributed by atoms with van der Waals surface area (Å²) in [6.07, 6.45) is 5.27. The Balaban J connectivity index is 0.00000300. The summed E-state index contributed by atoms with van der Waals surface area (Å²) in [7, 11) is 0. The van der Waals surface area contributed by atoms with Gasteiger partial charge in [0.15, 0.2) is 5.78 Å². The van der Waals surface area contributed by atoms with Crippen molar-refractivity contribution >= 4 is 35.4 Å². The minimum atomic E-state index is 0. The lowest BCUT2D eigenvalue weighted by Crippen LogP contribution is -2.40. The number of amides is 1. The monoisotopic (exact) mass is 435 g/mol. The maximum absolute atomic E-state index is 13.1. The summed E-state index contributed by atoms with van der Waals surface area (Å²) in [5.74, 6) is 0.117. The standard InChI is InChI=1S/C22H29N3O2S.ClH/c1-16-14-20(17(2)28-16)21(26)8-9-22(27)25(15-18-6-3-4-12-24-18)19-7-5-11-23-13-10-19;/h3-4,6,12,14,19,23H,5,7-11,13,15H2,1-2H3;1H. The zero-order chi connectivity index (χ0) is 19.9. The van der Waals surface area contributed by atoms with Crippen LogP contribution in [0.4, 0.5) is 0 Å². The first kappa shape index (κ1) is 23.5. The quantitative estimate of drug-likeness (QED) is 0.658. The molecule has 1 aliphatic heterocycles. The molecule has 2 aromatic rings. The topological polar surface area (TPSA) is 62.3 Å². The van der Waals surface area contributed by atoms with Gasteiger partial charge < -0.3 is 10.2 Å². The van der Waals surface area contributed by atoms with Crippen LogP contribution in [-0.4, -0.2) is 40.7 Å². The van der Waals surface area contributed by atoms with E-state index in [0.29, 0.717) is 6.54 Å². The molecule has 0 saturated carbocycles. The highest BCUT2D eigenvalue weighted by molar-refractivity contribution is 7.12. The van der Waals surface area contributed by atoms with E-state index >= 15 is 0 Å². The first-order valence-corrected chi connectivity index (χ1v) is 10.9. The maximum atomic E-state index is 13.1. The Morgan fingerprint density at radius 3 is 2.72 bits per heavy atom. The second kappa shape index (κ2) is 11.4. The van der Waals surface area contributed by atoms with Crippen molar-refractivity contribution in [1.82, 2.24) is 15.2 Å². The second-order valence-electron chi connectivity index (χ2n) is 7.43. The third-order valence-electron chi connectivity index (χ3n) is 5.27. The molecule has 7 heteroatoms. The molecule has 5 nitrogen and oxygen atoms in total. The Labute approximate surface area is 183 Å². The van der Waals surface area contributed by atoms with Crippen LogP contribution in [0.5, 0.6) is 0 Å². The van der Waals surface area contributed by atoms with Crippen LogP contribution in [0, 0.1) is 13.8 Å². The SMILES string of the molecule is Cc1cc(C(=O)CCC(=O)N(Cc2ccccn2)C2CCCNCC2)c(C)s1.Cl. The number of nitrogens with one attached hydrogen (secondary N) is 1. The number of pyridine rings is 1. The van der Waals surface area contributed by atoms with Crippen molar-refractivity contribution < 1.29 is 9.59 Å². The number of rotatable bonds is 7. The highest BCUT2D eigenvalue weighted by atomic mass is 35.5. The lowest BCUT2D eigenvalue weighted by molar-refractivity contribution is -0.134. The van der Waals surface area contributed by atoms with Gasteiger partial charge in [0.05, 0.1) is 12.2 Å². The molecule has 0 aliphatic carbocycles. The Hall–Kier alpha value is -1.76. The van der Waals surface area contributed by atoms with E-state index in [1.807, 2.05) is 43.0 Å². The summed E-state index contributed by atoms with van der Waals surface area (Å²) in [4.78, 5) is 34.2. The Morgan fingerprint density at radius 2 is 2.03 bits per heavy atom. The highest BCUT2D eigenvalue weighted by Crippen LogP contribution is 2.23. The number of thiophene rings is 1. The number of aromatic nitrogens is 1. The third kappa shape index (κ3) is 6.63. The van der Waals surface area contributed by atoms with Crippen molar-refractivity contribution in [2.24, 2.45) is 0 Å². The van der Waals surface area contributed by atoms with Crippen LogP contribution in [0.2, 0.25) is 0 Å². The van der Waals surface area contributed by atoms with Crippen molar-refractivity contribution in [3.05, 3.63) is 51.5 Å². The molecule has 1 saturated heterocycles. The van der Waals surface area contributed by atoms with Gasteiger partial charge in [-0.1, -0.05) is 6.07 Å². The molecule has 29 heavy (non-hydrogen) atoms. The summed E-state index contributed by atoms with van der Waals surface area (Å²) in [5, 5.41) is 3.41. The molecule has 3 heterocycles. The van der Waals surface area contributed by atoms with Gasteiger partial charge in [0.1, 0.15) is 0 Å². The van der Waals surface area contributed by atoms with Crippen molar-refractivity contribution in [2.45, 2.75) is 58.5 Å². The lowest BCUT2D eigenvalue weighted by Gasteiger charge is -2.31. The molecule has 0 radical (unpaired) electrons. The largest absolute Gasteiger partial charge is 0.334 e. The van der Waals surface area contributed by atoms with E-state index in [9.17, 15) is 9.59 Å². The zero-order valence-corrected chi connectivity index (χ0v) is 18.8. The van der Waals surface area contributed by atoms with E-state index in [4.69, 9.17) is 0 Å². The van der Waals surface area contributed by atoms with Crippen LogP contribution in [-0.2, 0) is 11.3 Å². The molecule has 1 fully saturated rings. The second-order valence-corrected chi connectivity index (χ2v) is 8.89. The fourth-order valence-electron chi connectivity index (χ4n) is 3.81. The van der Waals surface area contributed by atoms with E-state index in [0.717, 1.165) is 53.4 Å². The molecule has 1 unspecified atom stereocenters. The van der Waals surface area contributed by atoms with Gasteiger partial charge in [-0.3, -0.25) is 14.6 Å². The summed E-state index contributed by atoms with van der Waals surface area (Å²) in [6.45, 7) is 6.41. The van der Waals surface area contributed by atoms with Gasteiger partial charge in [0, 0.05) is 40.4 Å². The molecule has 1 aliphatic rings. The van der Waals surface area contributed by atoms with Gasteiger partial charge in [0.2, 0.25) is 5.91 Å². The van der Waals surface area contributed by atoms with Crippen LogP contribution >= 0.6 is 23.7 Å². The van der Waals surface area contributed by atoms with Crippen molar-refractivity contribution in [1.29, 1.82) is 0 Å². The highest BCUT2D eigenvalue weighted by Gasteiger charge is 2.26. The van der Waals surface area contributed by atoms with Crippen LogP contribution in [0.1, 0.15) is 57.9 Å². The molecule has 3 rings (SSSR count). The van der Waals surface area contributed by atoms with E-state index < -0.39 is 0 Å². The van der Waals surface area contributed by atoms with Gasteiger partial charge in [-0.25, -0.2) is 0 Å². The Morgan fingerprint density at radius 1 is 1.21 bits per heavy atom. The van der Waals surface area contributed by atoms with Crippen molar-refractivity contribution in [3.8, 4) is 0 Å². The molecule has 0 bridgehead atoms. The van der Waals surface area contributed by atoms with E-state index in [1.165, 1.54) is 0 Å². The Kier molecular flexibility index (Phi) is 9.27. The molecule has 158 valence electrons. The normalized spacial score (nSPS) is 16.6. The van der Waals surface area contributed by atoms with Gasteiger partial charge >= 0.3 is 0 Å². The average Bonchev–Trinajstić information content (AvgIpc) is 2.88. The number of hydrogen-bond acceptors (Lipinski definition) is 5. The predicted molar refractivity (Wildman–Crippen MR) is 120 cm³/mol. The lowest BCUT2D eigenvalue weighted by atomic mass is 10.0. The first-order valence-electron chi connectivity index (χ1n) is 10.0. The molecular weight excluding hydrogens is 406 g/mol. The predicted octanol–water partition coefficient (Wildman–Crippen LogP) is 4.32. The summed E-state index contributed by atoms with van der Waals surface area (Å²) < 4.78 is 0. The van der Waals surface area contributed by atoms with Gasteiger partial charge in [0.25, 0.3) is 0 Å². The van der Waals surface area contributed by atoms with Crippen LogP contribution in [0.25, 0.3) is 0 Å². The zero-order valence-electron chi connectivity index (χ0n) is 17.1. The van der Waals surface area contributed by atoms with Crippen LogP contribution < -0.4 is 5.32 Å². The van der Waals surface area contributed by atoms with Gasteiger partial charge in [-0.15, -0.1) is 23.7 Å². The molecule has 1 amide bonds. The summed E-state index contributed by atoms with van der Waals surface area (Å²) in [5.41, 5.74) is 1.66. The average molecular weight is 436 g/mol. The fraction of sp³-hybridized carbons (Fsp3) is 0.500. The fourth-order valence-corrected chi connectivity index (χ4v) is 4.75. The smallest absolute Gasteiger partial charge is 0.223 e. The molecule has 0 aromatic carbocycles. The van der Waals surface area contributed by atoms with Gasteiger partial charge in [-0.2, -0.15) is 0 Å². The minimum Gasteiger partial charge on any atom is -0.334 e. The number of Topliss-reactive ketones (excluding diaryl/α,β-unsaturated/α-hetero) is 1. The van der Waals surface area contributed by atoms with E-state index in [1.54, 1.807) is 17.5 Å². The number of aryl methyl sites for hydroxylation is 2. The number of carbonyl (C=O) groups excluding carboxylic acids is 2. The molecule has 2 aromatic heterocycles. The number of ketones is 1. The first-order chi connectivity index (χ1) is 13.5. The molecule has 1 N–H and O–H groups in total. The van der Waals surface area contributed by atoms with E-state index in [2.05, 4.69) is 10.3 Å². The van der Waals surface area contributed by atoms with Crippen LogP contribution in [0.15, 0.2) is 30.5 Å². The van der Waals surface area contributed by atoms with Gasteiger partial charge in [-0.05, 0) is 64.4 Å². The maximum Gasteiger partial charge on any atom is 0.223 e. The Bertz CT molecular complexity index is 802. The summed E-state index contributed by atoms with van der Waals surface area (Å²) in [6, 6.07) is 7.93. The minimum absolute atomic E-state index is 0. The number of carbonyl (C=O) groups is 2. The molecule has 1 atom stereocenters. The van der Waals surface area contributed by atoms with Crippen molar-refractivity contribution in [3.63, 3.8) is 0 Å². The van der Waals surface area contributed by atoms with E-state index in [-0.39, 0.29) is 43.0 Å². The number of halogens is 1. The third-order valence-corrected chi connectivity index (χ3v) is 6.24. The van der Waals surface area contributed by atoms with Crippen LogP contribution in [0.3, 0.4) is 0 Å². The molecular formula is C22H30ClN3O2S. The van der Waals surface area contributed by atoms with Crippen molar-refractivity contribution in [2.75, 3.05) is 13.1 Å². The number of hydrogen-bond donors (Lipinski definition) is 1. The summed E-state index contributed by atoms with van der Waals surface area (Å²) >= 11 is 1.63. The number of nitrogens with zero attached hydrogens (tertiary/aromatic N) is 2.